The standard InChI is InChI=1S/C17H23N5O5S/c1-4-16-18-17(27-19-16)12(2)20-7-9-21(10-8-20)13-5-6-14(22(23)24)15(11-13)28(3,25)26/h5-6,11-12H,4,7-10H2,1-3H3. The average molecular weight is 409 g/mol. The molecule has 1 aromatic heterocycles. The number of nitro benzene ring substituents is 1. The Morgan fingerprint density at radius 3 is 2.50 bits per heavy atom. The summed E-state index contributed by atoms with van der Waals surface area (Å²) in [6.07, 6.45) is 1.69. The molecule has 28 heavy (non-hydrogen) atoms. The van der Waals surface area contributed by atoms with Gasteiger partial charge in [-0.05, 0) is 19.1 Å². The van der Waals surface area contributed by atoms with Crippen LogP contribution in [-0.4, -0.2) is 60.8 Å². The largest absolute Gasteiger partial charge is 0.369 e. The first kappa shape index (κ1) is 20.2. The molecule has 2 aromatic rings. The minimum atomic E-state index is -3.71. The second-order valence-electron chi connectivity index (χ2n) is 6.78. The summed E-state index contributed by atoms with van der Waals surface area (Å²) in [5.74, 6) is 1.26. The van der Waals surface area contributed by atoms with Crippen LogP contribution in [0.15, 0.2) is 27.6 Å². The number of nitrogens with zero attached hydrogens (tertiary/aromatic N) is 5. The highest BCUT2D eigenvalue weighted by Gasteiger charge is 2.28. The SMILES string of the molecule is CCc1noc(C(C)N2CCN(c3ccc([N+](=O)[O-])c(S(C)(=O)=O)c3)CC2)n1. The smallest absolute Gasteiger partial charge is 0.288 e. The van der Waals surface area contributed by atoms with Crippen LogP contribution < -0.4 is 4.90 Å². The van der Waals surface area contributed by atoms with Gasteiger partial charge in [0.05, 0.1) is 11.0 Å². The molecule has 1 saturated heterocycles. The summed E-state index contributed by atoms with van der Waals surface area (Å²) < 4.78 is 29.3. The van der Waals surface area contributed by atoms with Gasteiger partial charge < -0.3 is 9.42 Å². The van der Waals surface area contributed by atoms with Crippen molar-refractivity contribution in [1.82, 2.24) is 15.0 Å². The van der Waals surface area contributed by atoms with Gasteiger partial charge in [-0.3, -0.25) is 15.0 Å². The molecule has 1 aromatic carbocycles. The number of aromatic nitrogens is 2. The third-order valence-electron chi connectivity index (χ3n) is 4.92. The third kappa shape index (κ3) is 4.14. The van der Waals surface area contributed by atoms with Crippen LogP contribution in [0.2, 0.25) is 0 Å². The number of sulfone groups is 1. The molecule has 0 radical (unpaired) electrons. The number of aryl methyl sites for hydroxylation is 1. The van der Waals surface area contributed by atoms with Crippen LogP contribution >= 0.6 is 0 Å². The van der Waals surface area contributed by atoms with Gasteiger partial charge in [0.25, 0.3) is 5.69 Å². The van der Waals surface area contributed by atoms with E-state index >= 15 is 0 Å². The summed E-state index contributed by atoms with van der Waals surface area (Å²) in [7, 11) is -3.71. The number of anilines is 1. The molecule has 0 bridgehead atoms. The molecule has 3 rings (SSSR count). The zero-order chi connectivity index (χ0) is 20.5. The number of hydrogen-bond donors (Lipinski definition) is 0. The molecule has 2 heterocycles. The Morgan fingerprint density at radius 1 is 1.29 bits per heavy atom. The van der Waals surface area contributed by atoms with Crippen molar-refractivity contribution in [2.24, 2.45) is 0 Å². The van der Waals surface area contributed by atoms with Crippen LogP contribution in [0.5, 0.6) is 0 Å². The Bertz CT molecular complexity index is 966. The van der Waals surface area contributed by atoms with Crippen molar-refractivity contribution in [1.29, 1.82) is 0 Å². The zero-order valence-electron chi connectivity index (χ0n) is 16.0. The van der Waals surface area contributed by atoms with E-state index in [1.54, 1.807) is 6.07 Å². The van der Waals surface area contributed by atoms with Crippen LogP contribution in [0.1, 0.15) is 31.6 Å². The summed E-state index contributed by atoms with van der Waals surface area (Å²) in [4.78, 5) is 18.8. The van der Waals surface area contributed by atoms with Gasteiger partial charge in [0.2, 0.25) is 5.89 Å². The van der Waals surface area contributed by atoms with Crippen LogP contribution in [-0.2, 0) is 16.3 Å². The first-order valence-electron chi connectivity index (χ1n) is 9.00. The molecule has 1 unspecified atom stereocenters. The number of nitro groups is 1. The van der Waals surface area contributed by atoms with E-state index in [1.165, 1.54) is 12.1 Å². The van der Waals surface area contributed by atoms with Crippen molar-refractivity contribution in [2.45, 2.75) is 31.2 Å². The van der Waals surface area contributed by atoms with E-state index in [0.29, 0.717) is 36.9 Å². The Kier molecular flexibility index (Phi) is 5.66. The Labute approximate surface area is 163 Å². The van der Waals surface area contributed by atoms with Crippen molar-refractivity contribution in [3.8, 4) is 0 Å². The van der Waals surface area contributed by atoms with Crippen LogP contribution in [0.25, 0.3) is 0 Å². The summed E-state index contributed by atoms with van der Waals surface area (Å²) in [5, 5.41) is 15.1. The molecule has 11 heteroatoms. The lowest BCUT2D eigenvalue weighted by atomic mass is 10.2. The Morgan fingerprint density at radius 2 is 1.96 bits per heavy atom. The lowest BCUT2D eigenvalue weighted by molar-refractivity contribution is -0.387. The first-order valence-corrected chi connectivity index (χ1v) is 10.9. The fraction of sp³-hybridized carbons (Fsp3) is 0.529. The zero-order valence-corrected chi connectivity index (χ0v) is 16.8. The molecule has 0 amide bonds. The highest BCUT2D eigenvalue weighted by molar-refractivity contribution is 7.90. The van der Waals surface area contributed by atoms with E-state index in [9.17, 15) is 18.5 Å². The van der Waals surface area contributed by atoms with Gasteiger partial charge in [-0.1, -0.05) is 12.1 Å². The van der Waals surface area contributed by atoms with Crippen molar-refractivity contribution in [3.63, 3.8) is 0 Å². The summed E-state index contributed by atoms with van der Waals surface area (Å²) in [6, 6.07) is 4.22. The van der Waals surface area contributed by atoms with E-state index in [-0.39, 0.29) is 10.9 Å². The topological polar surface area (TPSA) is 123 Å². The van der Waals surface area contributed by atoms with Crippen LogP contribution in [0.3, 0.4) is 0 Å². The second-order valence-corrected chi connectivity index (χ2v) is 8.77. The molecule has 1 aliphatic rings. The van der Waals surface area contributed by atoms with Crippen LogP contribution in [0.4, 0.5) is 11.4 Å². The predicted octanol–water partition coefficient (Wildman–Crippen LogP) is 1.83. The number of piperazine rings is 1. The quantitative estimate of drug-likeness (QED) is 0.519. The Balaban J connectivity index is 1.73. The monoisotopic (exact) mass is 409 g/mol. The maximum absolute atomic E-state index is 12.0. The molecule has 0 saturated carbocycles. The predicted molar refractivity (Wildman–Crippen MR) is 102 cm³/mol. The van der Waals surface area contributed by atoms with Gasteiger partial charge in [-0.2, -0.15) is 4.98 Å². The lowest BCUT2D eigenvalue weighted by Crippen LogP contribution is -2.47. The molecule has 0 N–H and O–H groups in total. The van der Waals surface area contributed by atoms with Crippen molar-refractivity contribution < 1.29 is 17.9 Å². The van der Waals surface area contributed by atoms with E-state index in [0.717, 1.165) is 19.3 Å². The summed E-state index contributed by atoms with van der Waals surface area (Å²) >= 11 is 0. The summed E-state index contributed by atoms with van der Waals surface area (Å²) in [6.45, 7) is 6.72. The fourth-order valence-electron chi connectivity index (χ4n) is 3.25. The van der Waals surface area contributed by atoms with Crippen molar-refractivity contribution in [3.05, 3.63) is 40.0 Å². The molecule has 152 valence electrons. The second kappa shape index (κ2) is 7.84. The van der Waals surface area contributed by atoms with E-state index < -0.39 is 20.4 Å². The normalized spacial score (nSPS) is 16.9. The highest BCUT2D eigenvalue weighted by Crippen LogP contribution is 2.30. The van der Waals surface area contributed by atoms with Gasteiger partial charge in [0, 0.05) is 50.6 Å². The number of rotatable bonds is 6. The van der Waals surface area contributed by atoms with Gasteiger partial charge in [0.15, 0.2) is 15.7 Å². The minimum Gasteiger partial charge on any atom is -0.369 e. The maximum Gasteiger partial charge on any atom is 0.288 e. The summed E-state index contributed by atoms with van der Waals surface area (Å²) in [5.41, 5.74) is 0.256. The lowest BCUT2D eigenvalue weighted by Gasteiger charge is -2.38. The van der Waals surface area contributed by atoms with Crippen molar-refractivity contribution in [2.75, 3.05) is 37.3 Å². The van der Waals surface area contributed by atoms with Gasteiger partial charge >= 0.3 is 0 Å². The van der Waals surface area contributed by atoms with Crippen molar-refractivity contribution >= 4 is 21.2 Å². The van der Waals surface area contributed by atoms with E-state index in [2.05, 4.69) is 15.0 Å². The highest BCUT2D eigenvalue weighted by atomic mass is 32.2. The van der Waals surface area contributed by atoms with E-state index in [4.69, 9.17) is 4.52 Å². The molecule has 10 nitrogen and oxygen atoms in total. The molecule has 0 spiro atoms. The van der Waals surface area contributed by atoms with E-state index in [1.807, 2.05) is 18.7 Å². The molecule has 0 aliphatic carbocycles. The maximum atomic E-state index is 12.0. The van der Waals surface area contributed by atoms with Gasteiger partial charge in [0.1, 0.15) is 4.90 Å². The average Bonchev–Trinajstić information content (AvgIpc) is 3.15. The fourth-order valence-corrected chi connectivity index (χ4v) is 4.11. The molecule has 1 fully saturated rings. The minimum absolute atomic E-state index is 0.0154. The number of benzene rings is 1. The Hall–Kier alpha value is -2.53. The first-order chi connectivity index (χ1) is 13.2. The molecular formula is C17H23N5O5S. The van der Waals surface area contributed by atoms with Gasteiger partial charge in [-0.15, -0.1) is 0 Å². The molecule has 1 aliphatic heterocycles. The third-order valence-corrected chi connectivity index (χ3v) is 6.05. The number of hydrogen-bond acceptors (Lipinski definition) is 9. The van der Waals surface area contributed by atoms with Crippen LogP contribution in [0, 0.1) is 10.1 Å². The molecular weight excluding hydrogens is 386 g/mol. The molecule has 1 atom stereocenters. The van der Waals surface area contributed by atoms with Gasteiger partial charge in [-0.25, -0.2) is 8.42 Å².